The molecule has 23 heavy (non-hydrogen) atoms. The summed E-state index contributed by atoms with van der Waals surface area (Å²) in [6.45, 7) is 4.08. The highest BCUT2D eigenvalue weighted by Crippen LogP contribution is 2.18. The fourth-order valence-corrected chi connectivity index (χ4v) is 3.21. The van der Waals surface area contributed by atoms with Crippen LogP contribution >= 0.6 is 0 Å². The Balaban J connectivity index is 1.57. The minimum Gasteiger partial charge on any atom is -0.352 e. The Bertz CT molecular complexity index is 607. The maximum absolute atomic E-state index is 13.7. The zero-order valence-electron chi connectivity index (χ0n) is 13.3. The van der Waals surface area contributed by atoms with Gasteiger partial charge in [-0.05, 0) is 24.6 Å². The number of rotatable bonds is 3. The van der Waals surface area contributed by atoms with Gasteiger partial charge in [0.1, 0.15) is 11.6 Å². The van der Waals surface area contributed by atoms with Crippen molar-refractivity contribution in [1.82, 2.24) is 15.1 Å². The molecule has 2 heterocycles. The van der Waals surface area contributed by atoms with Gasteiger partial charge in [-0.1, -0.05) is 12.2 Å². The molecule has 1 fully saturated rings. The molecule has 0 bridgehead atoms. The third kappa shape index (κ3) is 3.69. The summed E-state index contributed by atoms with van der Waals surface area (Å²) in [4.78, 5) is 8.90. The van der Waals surface area contributed by atoms with Gasteiger partial charge in [-0.2, -0.15) is 0 Å². The lowest BCUT2D eigenvalue weighted by molar-refractivity contribution is 0.259. The summed E-state index contributed by atoms with van der Waals surface area (Å²) in [5.41, 5.74) is 0.311. The Morgan fingerprint density at radius 3 is 2.83 bits per heavy atom. The second kappa shape index (κ2) is 7.08. The van der Waals surface area contributed by atoms with Crippen LogP contribution in [0.1, 0.15) is 12.0 Å². The lowest BCUT2D eigenvalue weighted by atomic mass is 10.2. The molecule has 1 N–H and O–H groups in total. The average molecular weight is 320 g/mol. The molecule has 124 valence electrons. The predicted octanol–water partition coefficient (Wildman–Crippen LogP) is 1.99. The Morgan fingerprint density at radius 2 is 2.09 bits per heavy atom. The largest absolute Gasteiger partial charge is 0.352 e. The second-order valence-electron chi connectivity index (χ2n) is 5.95. The van der Waals surface area contributed by atoms with E-state index in [1.165, 1.54) is 6.07 Å². The topological polar surface area (TPSA) is 30.9 Å². The van der Waals surface area contributed by atoms with E-state index in [9.17, 15) is 8.78 Å². The molecule has 1 saturated heterocycles. The smallest absolute Gasteiger partial charge is 0.193 e. The van der Waals surface area contributed by atoms with Crippen molar-refractivity contribution in [3.63, 3.8) is 0 Å². The Labute approximate surface area is 135 Å². The minimum absolute atomic E-state index is 0.225. The van der Waals surface area contributed by atoms with Crippen LogP contribution in [0.4, 0.5) is 8.78 Å². The van der Waals surface area contributed by atoms with Crippen molar-refractivity contribution in [2.24, 2.45) is 4.99 Å². The third-order valence-corrected chi connectivity index (χ3v) is 4.48. The monoisotopic (exact) mass is 320 g/mol. The molecule has 0 aromatic heterocycles. The highest BCUT2D eigenvalue weighted by molar-refractivity contribution is 5.80. The van der Waals surface area contributed by atoms with E-state index in [1.807, 2.05) is 0 Å². The zero-order chi connectivity index (χ0) is 16.2. The van der Waals surface area contributed by atoms with Crippen molar-refractivity contribution in [3.8, 4) is 0 Å². The van der Waals surface area contributed by atoms with Gasteiger partial charge in [0.15, 0.2) is 5.96 Å². The molecule has 0 amide bonds. The third-order valence-electron chi connectivity index (χ3n) is 4.48. The maximum Gasteiger partial charge on any atom is 0.193 e. The van der Waals surface area contributed by atoms with Gasteiger partial charge in [-0.3, -0.25) is 9.89 Å². The standard InChI is InChI=1S/C17H22F2N4/c1-20-17(21-11-13-10-14(18)4-5-16(13)19)23-9-6-15(12-23)22-7-2-3-8-22/h2-5,10,15H,6-9,11-12H2,1H3,(H,20,21). The zero-order valence-corrected chi connectivity index (χ0v) is 13.3. The van der Waals surface area contributed by atoms with Crippen LogP contribution in [0.3, 0.4) is 0 Å². The van der Waals surface area contributed by atoms with E-state index in [2.05, 4.69) is 32.3 Å². The lowest BCUT2D eigenvalue weighted by Gasteiger charge is -2.25. The van der Waals surface area contributed by atoms with Crippen LogP contribution in [-0.4, -0.2) is 55.0 Å². The van der Waals surface area contributed by atoms with Crippen LogP contribution in [-0.2, 0) is 6.54 Å². The summed E-state index contributed by atoms with van der Waals surface area (Å²) in [6, 6.07) is 4.03. The molecule has 1 atom stereocenters. The number of hydrogen-bond acceptors (Lipinski definition) is 2. The first kappa shape index (κ1) is 15.9. The normalized spacial score (nSPS) is 22.1. The number of nitrogens with zero attached hydrogens (tertiary/aromatic N) is 3. The highest BCUT2D eigenvalue weighted by atomic mass is 19.1. The molecule has 1 unspecified atom stereocenters. The molecule has 0 saturated carbocycles. The number of hydrogen-bond donors (Lipinski definition) is 1. The van der Waals surface area contributed by atoms with Crippen molar-refractivity contribution in [2.75, 3.05) is 33.2 Å². The van der Waals surface area contributed by atoms with Gasteiger partial charge >= 0.3 is 0 Å². The lowest BCUT2D eigenvalue weighted by Crippen LogP contribution is -2.42. The van der Waals surface area contributed by atoms with Crippen LogP contribution in [0, 0.1) is 11.6 Å². The van der Waals surface area contributed by atoms with Crippen molar-refractivity contribution in [1.29, 1.82) is 0 Å². The number of benzene rings is 1. The number of aliphatic imine (C=N–C) groups is 1. The Kier molecular flexibility index (Phi) is 4.91. The Morgan fingerprint density at radius 1 is 1.30 bits per heavy atom. The van der Waals surface area contributed by atoms with Gasteiger partial charge < -0.3 is 10.2 Å². The maximum atomic E-state index is 13.7. The van der Waals surface area contributed by atoms with E-state index < -0.39 is 11.6 Å². The number of guanidine groups is 1. The molecule has 4 nitrogen and oxygen atoms in total. The van der Waals surface area contributed by atoms with Crippen LogP contribution in [0.5, 0.6) is 0 Å². The van der Waals surface area contributed by atoms with Crippen LogP contribution in [0.2, 0.25) is 0 Å². The van der Waals surface area contributed by atoms with E-state index in [4.69, 9.17) is 0 Å². The van der Waals surface area contributed by atoms with Gasteiger partial charge in [0.25, 0.3) is 0 Å². The van der Waals surface area contributed by atoms with E-state index >= 15 is 0 Å². The first-order valence-corrected chi connectivity index (χ1v) is 7.96. The van der Waals surface area contributed by atoms with Crippen LogP contribution in [0.25, 0.3) is 0 Å². The van der Waals surface area contributed by atoms with Gasteiger partial charge in [0.05, 0.1) is 0 Å². The summed E-state index contributed by atoms with van der Waals surface area (Å²) in [6.07, 6.45) is 5.49. The van der Waals surface area contributed by atoms with Crippen LogP contribution in [0.15, 0.2) is 35.3 Å². The molecule has 3 rings (SSSR count). The Hall–Kier alpha value is -1.95. The van der Waals surface area contributed by atoms with Gasteiger partial charge in [-0.25, -0.2) is 8.78 Å². The van der Waals surface area contributed by atoms with E-state index in [0.717, 1.165) is 50.7 Å². The number of halogens is 2. The quantitative estimate of drug-likeness (QED) is 0.525. The first-order chi connectivity index (χ1) is 11.2. The average Bonchev–Trinajstić information content (AvgIpc) is 3.22. The summed E-state index contributed by atoms with van der Waals surface area (Å²) in [7, 11) is 1.72. The molecule has 2 aliphatic heterocycles. The molecule has 1 aromatic rings. The van der Waals surface area contributed by atoms with Gasteiger partial charge in [0.2, 0.25) is 0 Å². The molecule has 0 radical (unpaired) electrons. The van der Waals surface area contributed by atoms with Crippen molar-refractivity contribution >= 4 is 5.96 Å². The van der Waals surface area contributed by atoms with E-state index in [0.29, 0.717) is 11.6 Å². The summed E-state index contributed by atoms with van der Waals surface area (Å²) < 4.78 is 26.9. The summed E-state index contributed by atoms with van der Waals surface area (Å²) >= 11 is 0. The second-order valence-corrected chi connectivity index (χ2v) is 5.95. The molecule has 2 aliphatic rings. The van der Waals surface area contributed by atoms with Gasteiger partial charge in [-0.15, -0.1) is 0 Å². The molecule has 0 aliphatic carbocycles. The molecular formula is C17H22F2N4. The SMILES string of the molecule is CN=C(NCc1cc(F)ccc1F)N1CCC(N2CC=CC2)C1. The molecule has 0 spiro atoms. The summed E-state index contributed by atoms with van der Waals surface area (Å²) in [5, 5.41) is 3.14. The van der Waals surface area contributed by atoms with Crippen molar-refractivity contribution in [3.05, 3.63) is 47.5 Å². The highest BCUT2D eigenvalue weighted by Gasteiger charge is 2.29. The minimum atomic E-state index is -0.430. The van der Waals surface area contributed by atoms with Crippen molar-refractivity contribution in [2.45, 2.75) is 19.0 Å². The predicted molar refractivity (Wildman–Crippen MR) is 87.2 cm³/mol. The fraction of sp³-hybridized carbons (Fsp3) is 0.471. The van der Waals surface area contributed by atoms with Gasteiger partial charge in [0, 0.05) is 51.4 Å². The van der Waals surface area contributed by atoms with E-state index in [-0.39, 0.29) is 6.54 Å². The molecule has 1 aromatic carbocycles. The van der Waals surface area contributed by atoms with Crippen LogP contribution < -0.4 is 5.32 Å². The molecule has 6 heteroatoms. The first-order valence-electron chi connectivity index (χ1n) is 7.96. The number of likely N-dealkylation sites (tertiary alicyclic amines) is 1. The van der Waals surface area contributed by atoms with E-state index in [1.54, 1.807) is 7.05 Å². The summed E-state index contributed by atoms with van der Waals surface area (Å²) in [5.74, 6) is -0.0962. The molecular weight excluding hydrogens is 298 g/mol. The number of nitrogens with one attached hydrogen (secondary N) is 1. The fourth-order valence-electron chi connectivity index (χ4n) is 3.21. The van der Waals surface area contributed by atoms with Crippen molar-refractivity contribution < 1.29 is 8.78 Å².